The summed E-state index contributed by atoms with van der Waals surface area (Å²) in [5, 5.41) is 2.70. The molecule has 1 aromatic heterocycles. The molecule has 2 fully saturated rings. The Labute approximate surface area is 181 Å². The third-order valence-electron chi connectivity index (χ3n) is 4.24. The molecule has 0 aliphatic carbocycles. The minimum Gasteiger partial charge on any atom is -0.442 e. The molecule has 0 bridgehead atoms. The van der Waals surface area contributed by atoms with Crippen LogP contribution in [0.5, 0.6) is 0 Å². The smallest absolute Gasteiger partial charge is 0.414 e. The molecule has 1 N–H and O–H groups in total. The lowest BCUT2D eigenvalue weighted by Gasteiger charge is -2.27. The SMILES string of the molecule is [2H]C1([2H])OCC([2H])([2H])N(c2ccc(N3C[C@H](CNC(=O)c4ccc(Cl)s4)OC3=O)cc2)C1=O. The Morgan fingerprint density at radius 1 is 1.21 bits per heavy atom. The first-order valence-electron chi connectivity index (χ1n) is 10.6. The second-order valence-electron chi connectivity index (χ2n) is 6.14. The van der Waals surface area contributed by atoms with Crippen LogP contribution in [0.3, 0.4) is 0 Å². The quantitative estimate of drug-likeness (QED) is 0.773. The zero-order valence-electron chi connectivity index (χ0n) is 18.9. The molecule has 8 nitrogen and oxygen atoms in total. The lowest BCUT2D eigenvalue weighted by molar-refractivity contribution is -0.125. The van der Waals surface area contributed by atoms with Crippen LogP contribution in [0.2, 0.25) is 4.34 Å². The van der Waals surface area contributed by atoms with Gasteiger partial charge in [0.05, 0.1) is 34.4 Å². The number of nitrogens with one attached hydrogen (secondary N) is 1. The number of benzene rings is 1. The molecule has 152 valence electrons. The topological polar surface area (TPSA) is 88.2 Å². The summed E-state index contributed by atoms with van der Waals surface area (Å²) in [5.41, 5.74) is 0.554. The molecule has 3 heterocycles. The van der Waals surface area contributed by atoms with E-state index in [1.807, 2.05) is 0 Å². The van der Waals surface area contributed by atoms with E-state index in [4.69, 9.17) is 26.6 Å². The molecule has 2 aromatic rings. The summed E-state index contributed by atoms with van der Waals surface area (Å²) in [6.07, 6.45) is -1.20. The minimum atomic E-state index is -2.64. The average molecular weight is 440 g/mol. The number of rotatable bonds is 5. The van der Waals surface area contributed by atoms with Crippen LogP contribution in [0.1, 0.15) is 15.2 Å². The van der Waals surface area contributed by atoms with Gasteiger partial charge in [-0.05, 0) is 36.4 Å². The molecule has 0 radical (unpaired) electrons. The van der Waals surface area contributed by atoms with Crippen molar-refractivity contribution in [3.05, 3.63) is 45.6 Å². The minimum absolute atomic E-state index is 0.103. The van der Waals surface area contributed by atoms with Gasteiger partial charge in [-0.15, -0.1) is 11.3 Å². The van der Waals surface area contributed by atoms with Crippen molar-refractivity contribution >= 4 is 52.2 Å². The fourth-order valence-corrected chi connectivity index (χ4v) is 3.83. The first-order valence-corrected chi connectivity index (χ1v) is 9.78. The molecule has 2 aliphatic rings. The zero-order valence-corrected chi connectivity index (χ0v) is 16.5. The van der Waals surface area contributed by atoms with E-state index in [9.17, 15) is 14.4 Å². The fraction of sp³-hybridized carbons (Fsp3) is 0.316. The van der Waals surface area contributed by atoms with Gasteiger partial charge >= 0.3 is 6.09 Å². The molecule has 29 heavy (non-hydrogen) atoms. The van der Waals surface area contributed by atoms with Gasteiger partial charge in [0.1, 0.15) is 12.7 Å². The van der Waals surface area contributed by atoms with Crippen LogP contribution in [0.25, 0.3) is 0 Å². The first kappa shape index (κ1) is 15.3. The van der Waals surface area contributed by atoms with E-state index in [1.54, 1.807) is 12.1 Å². The summed E-state index contributed by atoms with van der Waals surface area (Å²) >= 11 is 6.97. The van der Waals surface area contributed by atoms with Gasteiger partial charge in [-0.3, -0.25) is 14.5 Å². The maximum Gasteiger partial charge on any atom is 0.414 e. The molecule has 2 saturated heterocycles. The molecular formula is C19H18ClN3O5S. The van der Waals surface area contributed by atoms with Crippen LogP contribution in [0.4, 0.5) is 16.2 Å². The highest BCUT2D eigenvalue weighted by Gasteiger charge is 2.33. The third-order valence-corrected chi connectivity index (χ3v) is 5.47. The van der Waals surface area contributed by atoms with Crippen LogP contribution in [-0.2, 0) is 14.3 Å². The maximum atomic E-state index is 12.4. The number of amides is 3. The van der Waals surface area contributed by atoms with Gasteiger partial charge in [0, 0.05) is 17.9 Å². The molecule has 2 aliphatic heterocycles. The van der Waals surface area contributed by atoms with Gasteiger partial charge in [-0.2, -0.15) is 0 Å². The van der Waals surface area contributed by atoms with E-state index in [0.29, 0.717) is 19.8 Å². The monoisotopic (exact) mass is 439 g/mol. The van der Waals surface area contributed by atoms with Crippen molar-refractivity contribution in [1.29, 1.82) is 0 Å². The van der Waals surface area contributed by atoms with Crippen LogP contribution in [0, 0.1) is 0 Å². The van der Waals surface area contributed by atoms with Crippen LogP contribution < -0.4 is 15.1 Å². The number of hydrogen-bond donors (Lipinski definition) is 1. The number of morpholine rings is 1. The molecule has 0 unspecified atom stereocenters. The second kappa shape index (κ2) is 8.40. The van der Waals surface area contributed by atoms with Crippen LogP contribution in [-0.4, -0.2) is 56.8 Å². The Bertz CT molecular complexity index is 1100. The van der Waals surface area contributed by atoms with Crippen molar-refractivity contribution in [3.8, 4) is 0 Å². The highest BCUT2D eigenvalue weighted by Crippen LogP contribution is 2.26. The lowest BCUT2D eigenvalue weighted by Crippen LogP contribution is -2.41. The summed E-state index contributed by atoms with van der Waals surface area (Å²) in [6, 6.07) is 9.04. The predicted octanol–water partition coefficient (Wildman–Crippen LogP) is 2.52. The molecule has 10 heteroatoms. The van der Waals surface area contributed by atoms with Crippen molar-refractivity contribution in [2.24, 2.45) is 0 Å². The number of cyclic esters (lactones) is 1. The van der Waals surface area contributed by atoms with Gasteiger partial charge in [0.25, 0.3) is 11.8 Å². The maximum absolute atomic E-state index is 12.4. The number of hydrogen-bond acceptors (Lipinski definition) is 6. The van der Waals surface area contributed by atoms with Crippen molar-refractivity contribution in [2.75, 3.05) is 42.6 Å². The first-order chi connectivity index (χ1) is 15.5. The van der Waals surface area contributed by atoms with Crippen molar-refractivity contribution in [1.82, 2.24) is 5.32 Å². The third kappa shape index (κ3) is 4.36. The largest absolute Gasteiger partial charge is 0.442 e. The number of carbonyl (C=O) groups excluding carboxylic acids is 3. The zero-order chi connectivity index (χ0) is 24.0. The normalized spacial score (nSPS) is 24.9. The fourth-order valence-electron chi connectivity index (χ4n) is 2.87. The van der Waals surface area contributed by atoms with Crippen molar-refractivity contribution in [2.45, 2.75) is 6.10 Å². The molecule has 3 amide bonds. The number of halogens is 1. The van der Waals surface area contributed by atoms with E-state index >= 15 is 0 Å². The Kier molecular flexibility index (Phi) is 4.42. The van der Waals surface area contributed by atoms with Crippen LogP contribution >= 0.6 is 22.9 Å². The highest BCUT2D eigenvalue weighted by molar-refractivity contribution is 7.18. The van der Waals surface area contributed by atoms with Gasteiger partial charge < -0.3 is 19.7 Å². The predicted molar refractivity (Wildman–Crippen MR) is 109 cm³/mol. The highest BCUT2D eigenvalue weighted by atomic mass is 35.5. The Balaban J connectivity index is 1.42. The summed E-state index contributed by atoms with van der Waals surface area (Å²) in [4.78, 5) is 39.3. The number of anilines is 2. The van der Waals surface area contributed by atoms with Crippen molar-refractivity contribution in [3.63, 3.8) is 0 Å². The Morgan fingerprint density at radius 3 is 2.62 bits per heavy atom. The van der Waals surface area contributed by atoms with E-state index < -0.39 is 37.8 Å². The van der Waals surface area contributed by atoms with E-state index in [-0.39, 0.29) is 24.7 Å². The molecule has 1 aromatic carbocycles. The Hall–Kier alpha value is -2.62. The summed E-state index contributed by atoms with van der Waals surface area (Å²) in [7, 11) is 0. The van der Waals surface area contributed by atoms with Gasteiger partial charge in [0.2, 0.25) is 0 Å². The van der Waals surface area contributed by atoms with E-state index in [0.717, 1.165) is 11.3 Å². The number of ether oxygens (including phenoxy) is 2. The molecule has 0 spiro atoms. The van der Waals surface area contributed by atoms with Gasteiger partial charge in [-0.25, -0.2) is 4.79 Å². The van der Waals surface area contributed by atoms with E-state index in [2.05, 4.69) is 5.32 Å². The van der Waals surface area contributed by atoms with Gasteiger partial charge in [-0.1, -0.05) is 11.6 Å². The van der Waals surface area contributed by atoms with Crippen LogP contribution in [0.15, 0.2) is 36.4 Å². The molecule has 0 saturated carbocycles. The standard InChI is InChI=1S/C19H18ClN3O5S/c20-16-6-5-15(29-16)18(25)21-9-14-10-23(19(26)28-14)13-3-1-12(2-4-13)22-7-8-27-11-17(22)24/h1-6,14H,7-11H2,(H,21,25)/t14-/m0/s1/i7D2,11D2. The number of thiophene rings is 1. The lowest BCUT2D eigenvalue weighted by atomic mass is 10.2. The number of carbonyl (C=O) groups is 3. The summed E-state index contributed by atoms with van der Waals surface area (Å²) in [6.45, 7) is -5.24. The summed E-state index contributed by atoms with van der Waals surface area (Å²) < 4.78 is 41.8. The van der Waals surface area contributed by atoms with Gasteiger partial charge in [0.15, 0.2) is 0 Å². The van der Waals surface area contributed by atoms with Crippen molar-refractivity contribution < 1.29 is 29.3 Å². The number of nitrogens with zero attached hydrogens (tertiary/aromatic N) is 2. The second-order valence-corrected chi connectivity index (χ2v) is 7.85. The summed E-state index contributed by atoms with van der Waals surface area (Å²) in [5.74, 6) is -1.48. The molecule has 4 rings (SSSR count). The molecule has 1 atom stereocenters. The average Bonchev–Trinajstić information content (AvgIpc) is 3.36. The Morgan fingerprint density at radius 2 is 1.93 bits per heavy atom. The van der Waals surface area contributed by atoms with E-state index in [1.165, 1.54) is 29.2 Å². The molecular weight excluding hydrogens is 418 g/mol.